The van der Waals surface area contributed by atoms with Crippen molar-refractivity contribution in [1.29, 1.82) is 0 Å². The summed E-state index contributed by atoms with van der Waals surface area (Å²) in [6.07, 6.45) is 10.0. The van der Waals surface area contributed by atoms with Gasteiger partial charge in [0.15, 0.2) is 0 Å². The van der Waals surface area contributed by atoms with E-state index in [0.717, 1.165) is 48.6 Å². The van der Waals surface area contributed by atoms with Crippen LogP contribution in [-0.2, 0) is 0 Å². The van der Waals surface area contributed by atoms with Gasteiger partial charge in [-0.3, -0.25) is 0 Å². The number of rotatable bonds is 4. The van der Waals surface area contributed by atoms with Crippen LogP contribution in [0.3, 0.4) is 0 Å². The SMILES string of the molecule is CC(C)C1(C2C3CC4CC(C3)CC2C4)CNC(=O)N1CC1CC1. The second-order valence-electron chi connectivity index (χ2n) is 9.82. The van der Waals surface area contributed by atoms with E-state index in [1.165, 1.54) is 44.9 Å². The van der Waals surface area contributed by atoms with Gasteiger partial charge in [0.05, 0.1) is 5.54 Å². The molecule has 128 valence electrons. The summed E-state index contributed by atoms with van der Waals surface area (Å²) in [7, 11) is 0. The van der Waals surface area contributed by atoms with Crippen molar-refractivity contribution in [3.63, 3.8) is 0 Å². The van der Waals surface area contributed by atoms with Gasteiger partial charge in [0.25, 0.3) is 0 Å². The maximum Gasteiger partial charge on any atom is 0.318 e. The highest BCUT2D eigenvalue weighted by atomic mass is 16.2. The van der Waals surface area contributed by atoms with Crippen LogP contribution in [-0.4, -0.2) is 29.6 Å². The van der Waals surface area contributed by atoms with Crippen LogP contribution in [0.1, 0.15) is 58.8 Å². The van der Waals surface area contributed by atoms with Crippen molar-refractivity contribution in [2.45, 2.75) is 64.3 Å². The van der Waals surface area contributed by atoms with Gasteiger partial charge in [-0.25, -0.2) is 4.79 Å². The first-order valence-corrected chi connectivity index (χ1v) is 10.1. The fourth-order valence-electron chi connectivity index (χ4n) is 7.35. The molecule has 6 rings (SSSR count). The molecule has 0 radical (unpaired) electrons. The van der Waals surface area contributed by atoms with E-state index in [1.807, 2.05) is 0 Å². The summed E-state index contributed by atoms with van der Waals surface area (Å²) >= 11 is 0. The third-order valence-corrected chi connectivity index (χ3v) is 8.21. The van der Waals surface area contributed by atoms with Crippen LogP contribution in [0.4, 0.5) is 4.79 Å². The molecule has 4 bridgehead atoms. The molecule has 6 aliphatic rings. The number of hydrogen-bond acceptors (Lipinski definition) is 1. The molecule has 0 aromatic rings. The summed E-state index contributed by atoms with van der Waals surface area (Å²) in [5, 5.41) is 3.27. The highest BCUT2D eigenvalue weighted by molar-refractivity contribution is 5.78. The number of carbonyl (C=O) groups is 1. The lowest BCUT2D eigenvalue weighted by molar-refractivity contribution is -0.109. The molecule has 5 aliphatic carbocycles. The van der Waals surface area contributed by atoms with Crippen molar-refractivity contribution < 1.29 is 4.79 Å². The zero-order valence-electron chi connectivity index (χ0n) is 14.8. The van der Waals surface area contributed by atoms with Crippen molar-refractivity contribution in [2.24, 2.45) is 41.4 Å². The number of urea groups is 1. The average molecular weight is 316 g/mol. The minimum absolute atomic E-state index is 0.0995. The fourth-order valence-corrected chi connectivity index (χ4v) is 7.35. The second kappa shape index (κ2) is 4.89. The van der Waals surface area contributed by atoms with Crippen molar-refractivity contribution in [2.75, 3.05) is 13.1 Å². The zero-order valence-corrected chi connectivity index (χ0v) is 14.8. The summed E-state index contributed by atoms with van der Waals surface area (Å²) in [5.74, 6) is 5.91. The molecule has 23 heavy (non-hydrogen) atoms. The van der Waals surface area contributed by atoms with E-state index in [9.17, 15) is 4.79 Å². The molecule has 1 N–H and O–H groups in total. The molecular formula is C20H32N2O. The number of carbonyl (C=O) groups excluding carboxylic acids is 1. The van der Waals surface area contributed by atoms with Crippen LogP contribution in [0, 0.1) is 41.4 Å². The average Bonchev–Trinajstić information content (AvgIpc) is 3.25. The summed E-state index contributed by atoms with van der Waals surface area (Å²) in [4.78, 5) is 15.0. The minimum atomic E-state index is 0.0995. The largest absolute Gasteiger partial charge is 0.336 e. The van der Waals surface area contributed by atoms with Gasteiger partial charge in [-0.15, -0.1) is 0 Å². The molecule has 6 fully saturated rings. The molecular weight excluding hydrogens is 284 g/mol. The van der Waals surface area contributed by atoms with Crippen molar-refractivity contribution >= 4 is 6.03 Å². The van der Waals surface area contributed by atoms with Gasteiger partial charge < -0.3 is 10.2 Å². The Labute approximate surface area is 140 Å². The van der Waals surface area contributed by atoms with E-state index in [2.05, 4.69) is 24.1 Å². The smallest absolute Gasteiger partial charge is 0.318 e. The highest BCUT2D eigenvalue weighted by Crippen LogP contribution is 2.61. The van der Waals surface area contributed by atoms with Crippen molar-refractivity contribution in [3.8, 4) is 0 Å². The Morgan fingerprint density at radius 2 is 1.70 bits per heavy atom. The lowest BCUT2D eigenvalue weighted by Gasteiger charge is -2.61. The van der Waals surface area contributed by atoms with Gasteiger partial charge in [0.2, 0.25) is 0 Å². The molecule has 1 heterocycles. The number of amides is 2. The van der Waals surface area contributed by atoms with Crippen LogP contribution < -0.4 is 5.32 Å². The Kier molecular flexibility index (Phi) is 3.10. The zero-order chi connectivity index (χ0) is 15.8. The van der Waals surface area contributed by atoms with Crippen LogP contribution in [0.5, 0.6) is 0 Å². The van der Waals surface area contributed by atoms with Gasteiger partial charge in [-0.05, 0) is 86.4 Å². The molecule has 3 nitrogen and oxygen atoms in total. The van der Waals surface area contributed by atoms with Crippen LogP contribution in [0.25, 0.3) is 0 Å². The minimum Gasteiger partial charge on any atom is -0.336 e. The number of hydrogen-bond donors (Lipinski definition) is 1. The first-order chi connectivity index (χ1) is 11.1. The molecule has 0 aromatic heterocycles. The van der Waals surface area contributed by atoms with E-state index in [4.69, 9.17) is 0 Å². The van der Waals surface area contributed by atoms with E-state index in [0.29, 0.717) is 5.92 Å². The number of nitrogens with one attached hydrogen (secondary N) is 1. The summed E-state index contributed by atoms with van der Waals surface area (Å²) in [6.45, 7) is 6.69. The molecule has 1 saturated heterocycles. The molecule has 3 heteroatoms. The second-order valence-corrected chi connectivity index (χ2v) is 9.82. The van der Waals surface area contributed by atoms with E-state index in [1.54, 1.807) is 0 Å². The van der Waals surface area contributed by atoms with Crippen LogP contribution in [0.15, 0.2) is 0 Å². The number of nitrogens with zero attached hydrogens (tertiary/aromatic N) is 1. The molecule has 1 atom stereocenters. The fraction of sp³-hybridized carbons (Fsp3) is 0.950. The van der Waals surface area contributed by atoms with Gasteiger partial charge in [-0.1, -0.05) is 13.8 Å². The molecule has 0 aromatic carbocycles. The van der Waals surface area contributed by atoms with E-state index in [-0.39, 0.29) is 11.6 Å². The summed E-state index contributed by atoms with van der Waals surface area (Å²) < 4.78 is 0. The third kappa shape index (κ3) is 2.04. The molecule has 1 aliphatic heterocycles. The molecule has 0 spiro atoms. The Morgan fingerprint density at radius 1 is 1.09 bits per heavy atom. The van der Waals surface area contributed by atoms with Gasteiger partial charge in [0.1, 0.15) is 0 Å². The third-order valence-electron chi connectivity index (χ3n) is 8.21. The van der Waals surface area contributed by atoms with E-state index >= 15 is 0 Å². The highest BCUT2D eigenvalue weighted by Gasteiger charge is 2.61. The first kappa shape index (κ1) is 14.6. The Bertz CT molecular complexity index is 484. The Balaban J connectivity index is 1.52. The van der Waals surface area contributed by atoms with Crippen LogP contribution >= 0.6 is 0 Å². The molecule has 5 saturated carbocycles. The quantitative estimate of drug-likeness (QED) is 0.838. The summed E-state index contributed by atoms with van der Waals surface area (Å²) in [5.41, 5.74) is 0.0995. The van der Waals surface area contributed by atoms with Gasteiger partial charge >= 0.3 is 6.03 Å². The monoisotopic (exact) mass is 316 g/mol. The van der Waals surface area contributed by atoms with Crippen molar-refractivity contribution in [3.05, 3.63) is 0 Å². The van der Waals surface area contributed by atoms with Gasteiger partial charge in [0, 0.05) is 13.1 Å². The van der Waals surface area contributed by atoms with Gasteiger partial charge in [-0.2, -0.15) is 0 Å². The standard InChI is InChI=1S/C20H32N2O/c1-12(2)20(11-21-19(23)22(20)10-13-3-4-13)18-16-6-14-5-15(8-16)9-17(18)7-14/h12-18H,3-11H2,1-2H3,(H,21,23). The normalized spacial score (nSPS) is 48.4. The molecule has 2 amide bonds. The summed E-state index contributed by atoms with van der Waals surface area (Å²) in [6, 6.07) is 0.236. The van der Waals surface area contributed by atoms with E-state index < -0.39 is 0 Å². The van der Waals surface area contributed by atoms with Crippen molar-refractivity contribution in [1.82, 2.24) is 10.2 Å². The maximum absolute atomic E-state index is 12.7. The predicted molar refractivity (Wildman–Crippen MR) is 90.9 cm³/mol. The van der Waals surface area contributed by atoms with Crippen LogP contribution in [0.2, 0.25) is 0 Å². The maximum atomic E-state index is 12.7. The lowest BCUT2D eigenvalue weighted by Crippen LogP contribution is -2.64. The molecule has 1 unspecified atom stereocenters. The Hall–Kier alpha value is -0.730. The first-order valence-electron chi connectivity index (χ1n) is 10.1. The Morgan fingerprint density at radius 3 is 2.22 bits per heavy atom. The predicted octanol–water partition coefficient (Wildman–Crippen LogP) is 3.89. The topological polar surface area (TPSA) is 32.3 Å². The lowest BCUT2D eigenvalue weighted by atomic mass is 9.47.